The second kappa shape index (κ2) is 4.06. The van der Waals surface area contributed by atoms with E-state index in [1.165, 1.54) is 12.7 Å². The molecule has 3 aliphatic rings. The van der Waals surface area contributed by atoms with Gasteiger partial charge in [0.05, 0.1) is 12.5 Å². The molecule has 0 bridgehead atoms. The predicted octanol–water partition coefficient (Wildman–Crippen LogP) is 2.81. The summed E-state index contributed by atoms with van der Waals surface area (Å²) in [6.07, 6.45) is 10.1. The fourth-order valence-electron chi connectivity index (χ4n) is 4.21. The molecule has 0 N–H and O–H groups in total. The van der Waals surface area contributed by atoms with E-state index in [1.807, 2.05) is 6.08 Å². The van der Waals surface area contributed by atoms with Gasteiger partial charge in [0.15, 0.2) is 5.78 Å². The molecule has 1 saturated carbocycles. The maximum atomic E-state index is 12.3. The largest absolute Gasteiger partial charge is 0.468 e. The summed E-state index contributed by atoms with van der Waals surface area (Å²) >= 11 is 0. The van der Waals surface area contributed by atoms with E-state index in [4.69, 9.17) is 4.74 Å². The molecule has 3 rings (SSSR count). The van der Waals surface area contributed by atoms with Gasteiger partial charge in [-0.25, -0.2) is 0 Å². The van der Waals surface area contributed by atoms with E-state index in [2.05, 4.69) is 13.0 Å². The first-order chi connectivity index (χ1) is 9.02. The van der Waals surface area contributed by atoms with Gasteiger partial charge in [-0.15, -0.1) is 0 Å². The van der Waals surface area contributed by atoms with Gasteiger partial charge in [0.1, 0.15) is 0 Å². The van der Waals surface area contributed by atoms with Crippen molar-refractivity contribution in [3.05, 3.63) is 23.8 Å². The van der Waals surface area contributed by atoms with Gasteiger partial charge < -0.3 is 4.74 Å². The molecule has 0 radical (unpaired) electrons. The summed E-state index contributed by atoms with van der Waals surface area (Å²) in [5.74, 6) is -0.0450. The number of hydrogen-bond donors (Lipinski definition) is 0. The molecule has 0 saturated heterocycles. The van der Waals surface area contributed by atoms with Crippen LogP contribution in [0.3, 0.4) is 0 Å². The average Bonchev–Trinajstić information content (AvgIpc) is 2.80. The van der Waals surface area contributed by atoms with Crippen LogP contribution in [0.5, 0.6) is 0 Å². The predicted molar refractivity (Wildman–Crippen MR) is 71.4 cm³/mol. The quantitative estimate of drug-likeness (QED) is 0.538. The number of ketones is 1. The molecule has 0 amide bonds. The van der Waals surface area contributed by atoms with Crippen molar-refractivity contribution in [2.24, 2.45) is 16.7 Å². The van der Waals surface area contributed by atoms with Crippen LogP contribution in [-0.4, -0.2) is 18.9 Å². The van der Waals surface area contributed by atoms with E-state index in [-0.39, 0.29) is 23.1 Å². The second-order valence-electron chi connectivity index (χ2n) is 6.35. The zero-order valence-corrected chi connectivity index (χ0v) is 11.6. The van der Waals surface area contributed by atoms with Gasteiger partial charge in [0.25, 0.3) is 0 Å². The van der Waals surface area contributed by atoms with Crippen molar-refractivity contribution in [3.63, 3.8) is 0 Å². The van der Waals surface area contributed by atoms with Gasteiger partial charge in [-0.3, -0.25) is 9.59 Å². The molecule has 102 valence electrons. The number of methoxy groups -OCH3 is 1. The highest BCUT2D eigenvalue weighted by atomic mass is 16.5. The SMILES string of the molecule is COC(=O)[C@@]12C=CC(=O)C[C@@H]1C1=CCC[C@@]1(C)CC2. The molecule has 0 unspecified atom stereocenters. The molecule has 3 atom stereocenters. The minimum Gasteiger partial charge on any atom is -0.468 e. The van der Waals surface area contributed by atoms with Gasteiger partial charge in [-0.05, 0) is 37.2 Å². The van der Waals surface area contributed by atoms with Crippen LogP contribution in [0.2, 0.25) is 0 Å². The van der Waals surface area contributed by atoms with Gasteiger partial charge in [-0.1, -0.05) is 24.6 Å². The van der Waals surface area contributed by atoms with Gasteiger partial charge in [-0.2, -0.15) is 0 Å². The summed E-state index contributed by atoms with van der Waals surface area (Å²) in [7, 11) is 1.44. The molecule has 3 aliphatic carbocycles. The van der Waals surface area contributed by atoms with Gasteiger partial charge in [0.2, 0.25) is 0 Å². The monoisotopic (exact) mass is 260 g/mol. The Balaban J connectivity index is 2.09. The zero-order valence-electron chi connectivity index (χ0n) is 11.6. The Kier molecular flexibility index (Phi) is 2.70. The third-order valence-electron chi connectivity index (χ3n) is 5.38. The fraction of sp³-hybridized carbons (Fsp3) is 0.625. The number of carbonyl (C=O) groups excluding carboxylic acids is 2. The Morgan fingerprint density at radius 2 is 2.16 bits per heavy atom. The number of hydrogen-bond acceptors (Lipinski definition) is 3. The topological polar surface area (TPSA) is 43.4 Å². The number of fused-ring (bicyclic) bond motifs is 3. The first-order valence-electron chi connectivity index (χ1n) is 7.03. The van der Waals surface area contributed by atoms with Crippen molar-refractivity contribution >= 4 is 11.8 Å². The van der Waals surface area contributed by atoms with Crippen LogP contribution in [0.4, 0.5) is 0 Å². The lowest BCUT2D eigenvalue weighted by Gasteiger charge is -2.49. The maximum Gasteiger partial charge on any atom is 0.316 e. The van der Waals surface area contributed by atoms with Crippen molar-refractivity contribution < 1.29 is 14.3 Å². The van der Waals surface area contributed by atoms with Crippen LogP contribution < -0.4 is 0 Å². The van der Waals surface area contributed by atoms with Crippen LogP contribution in [0.1, 0.15) is 39.0 Å². The van der Waals surface area contributed by atoms with Crippen molar-refractivity contribution in [3.8, 4) is 0 Å². The summed E-state index contributed by atoms with van der Waals surface area (Å²) in [5.41, 5.74) is 0.910. The maximum absolute atomic E-state index is 12.3. The summed E-state index contributed by atoms with van der Waals surface area (Å²) in [5, 5.41) is 0. The summed E-state index contributed by atoms with van der Waals surface area (Å²) in [6, 6.07) is 0. The molecule has 3 nitrogen and oxygen atoms in total. The second-order valence-corrected chi connectivity index (χ2v) is 6.35. The molecular formula is C16H20O3. The number of esters is 1. The van der Waals surface area contributed by atoms with E-state index in [1.54, 1.807) is 6.08 Å². The molecule has 0 heterocycles. The van der Waals surface area contributed by atoms with Gasteiger partial charge in [0, 0.05) is 12.3 Å². The summed E-state index contributed by atoms with van der Waals surface area (Å²) < 4.78 is 5.04. The average molecular weight is 260 g/mol. The van der Waals surface area contributed by atoms with E-state index >= 15 is 0 Å². The number of rotatable bonds is 1. The zero-order chi connectivity index (χ0) is 13.7. The fourth-order valence-corrected chi connectivity index (χ4v) is 4.21. The molecule has 0 aromatic heterocycles. The highest BCUT2D eigenvalue weighted by Gasteiger charge is 2.56. The van der Waals surface area contributed by atoms with Crippen molar-refractivity contribution in [1.82, 2.24) is 0 Å². The van der Waals surface area contributed by atoms with Crippen LogP contribution in [0.25, 0.3) is 0 Å². The normalized spacial score (nSPS) is 40.4. The molecule has 0 aliphatic heterocycles. The molecule has 0 aromatic carbocycles. The Labute approximate surface area is 113 Å². The number of allylic oxidation sites excluding steroid dienone is 3. The van der Waals surface area contributed by atoms with E-state index in [0.717, 1.165) is 25.7 Å². The smallest absolute Gasteiger partial charge is 0.316 e. The third-order valence-corrected chi connectivity index (χ3v) is 5.38. The highest BCUT2D eigenvalue weighted by molar-refractivity contribution is 5.95. The van der Waals surface area contributed by atoms with E-state index < -0.39 is 5.41 Å². The Bertz CT molecular complexity index is 502. The van der Waals surface area contributed by atoms with Crippen molar-refractivity contribution in [2.75, 3.05) is 7.11 Å². The highest BCUT2D eigenvalue weighted by Crippen LogP contribution is 2.60. The minimum atomic E-state index is -0.599. The van der Waals surface area contributed by atoms with Crippen molar-refractivity contribution in [2.45, 2.75) is 39.0 Å². The van der Waals surface area contributed by atoms with Crippen LogP contribution in [0.15, 0.2) is 23.8 Å². The first-order valence-corrected chi connectivity index (χ1v) is 7.03. The molecule has 1 fully saturated rings. The lowest BCUT2D eigenvalue weighted by atomic mass is 9.54. The number of carbonyl (C=O) groups is 2. The summed E-state index contributed by atoms with van der Waals surface area (Å²) in [4.78, 5) is 24.1. The third kappa shape index (κ3) is 1.63. The lowest BCUT2D eigenvalue weighted by molar-refractivity contribution is -0.155. The van der Waals surface area contributed by atoms with Crippen LogP contribution >= 0.6 is 0 Å². The molecule has 3 heteroatoms. The Morgan fingerprint density at radius 1 is 1.37 bits per heavy atom. The molecule has 0 spiro atoms. The number of ether oxygens (including phenoxy) is 1. The summed E-state index contributed by atoms with van der Waals surface area (Å²) in [6.45, 7) is 2.27. The lowest BCUT2D eigenvalue weighted by Crippen LogP contribution is -2.48. The van der Waals surface area contributed by atoms with Gasteiger partial charge >= 0.3 is 5.97 Å². The van der Waals surface area contributed by atoms with E-state index in [0.29, 0.717) is 6.42 Å². The first kappa shape index (κ1) is 12.6. The van der Waals surface area contributed by atoms with Crippen molar-refractivity contribution in [1.29, 1.82) is 0 Å². The van der Waals surface area contributed by atoms with Crippen LogP contribution in [-0.2, 0) is 14.3 Å². The minimum absolute atomic E-state index is 0.0127. The van der Waals surface area contributed by atoms with Crippen LogP contribution in [0, 0.1) is 16.7 Å². The molecular weight excluding hydrogens is 240 g/mol. The Morgan fingerprint density at radius 3 is 2.89 bits per heavy atom. The Hall–Kier alpha value is -1.38. The molecule has 19 heavy (non-hydrogen) atoms. The molecule has 0 aromatic rings. The standard InChI is InChI=1S/C16H20O3/c1-15-6-3-4-12(15)13-10-11(17)5-7-16(13,9-8-15)14(18)19-2/h4-5,7,13H,3,6,8-10H2,1-2H3/t13-,15+,16-/m1/s1. The van der Waals surface area contributed by atoms with E-state index in [9.17, 15) is 9.59 Å².